The first kappa shape index (κ1) is 18.0. The minimum Gasteiger partial charge on any atom is -0.493 e. The van der Waals surface area contributed by atoms with Crippen molar-refractivity contribution in [3.63, 3.8) is 0 Å². The van der Waals surface area contributed by atoms with Gasteiger partial charge in [-0.05, 0) is 18.4 Å². The minimum absolute atomic E-state index is 0.00785. The number of hydrogen-bond donors (Lipinski definition) is 1. The van der Waals surface area contributed by atoms with Crippen molar-refractivity contribution in [2.24, 2.45) is 5.41 Å². The van der Waals surface area contributed by atoms with Crippen LogP contribution >= 0.6 is 0 Å². The van der Waals surface area contributed by atoms with Gasteiger partial charge in [-0.15, -0.1) is 0 Å². The van der Waals surface area contributed by atoms with Gasteiger partial charge in [0.05, 0.1) is 31.1 Å². The first-order chi connectivity index (χ1) is 9.90. The number of rotatable bonds is 8. The smallest absolute Gasteiger partial charge is 0.161 e. The molecule has 0 spiro atoms. The van der Waals surface area contributed by atoms with Crippen LogP contribution in [0, 0.1) is 5.41 Å². The third-order valence-corrected chi connectivity index (χ3v) is 3.63. The zero-order valence-electron chi connectivity index (χ0n) is 14.6. The third kappa shape index (κ3) is 4.20. The monoisotopic (exact) mass is 297 g/mol. The van der Waals surface area contributed by atoms with Gasteiger partial charge in [0, 0.05) is 13.7 Å². The number of methoxy groups -OCH3 is 2. The molecule has 0 aliphatic heterocycles. The summed E-state index contributed by atoms with van der Waals surface area (Å²) in [7, 11) is 3.46. The molecule has 0 amide bonds. The molecule has 1 heterocycles. The van der Waals surface area contributed by atoms with Gasteiger partial charge in [0.25, 0.3) is 0 Å². The molecule has 1 N–H and O–H groups in total. The van der Waals surface area contributed by atoms with E-state index in [4.69, 9.17) is 9.47 Å². The average molecular weight is 297 g/mol. The number of nitrogens with one attached hydrogen (secondary N) is 1. The third-order valence-electron chi connectivity index (χ3n) is 3.63. The number of aryl methyl sites for hydroxylation is 1. The molecule has 5 nitrogen and oxygen atoms in total. The van der Waals surface area contributed by atoms with Crippen LogP contribution in [-0.2, 0) is 11.3 Å². The summed E-state index contributed by atoms with van der Waals surface area (Å²) in [5, 5.41) is 8.02. The highest BCUT2D eigenvalue weighted by Gasteiger charge is 2.36. The van der Waals surface area contributed by atoms with E-state index in [-0.39, 0.29) is 17.6 Å². The van der Waals surface area contributed by atoms with Crippen molar-refractivity contribution >= 4 is 0 Å². The van der Waals surface area contributed by atoms with Gasteiger partial charge in [-0.25, -0.2) is 0 Å². The molecule has 0 aromatic carbocycles. The largest absolute Gasteiger partial charge is 0.493 e. The predicted molar refractivity (Wildman–Crippen MR) is 85.7 cm³/mol. The maximum absolute atomic E-state index is 5.83. The quantitative estimate of drug-likeness (QED) is 0.801. The summed E-state index contributed by atoms with van der Waals surface area (Å²) in [5.74, 6) is 0.820. The number of likely N-dealkylation sites (N-methyl/N-ethyl adjacent to an activating group) is 1. The molecule has 1 aromatic heterocycles. The highest BCUT2D eigenvalue weighted by Crippen LogP contribution is 2.36. The molecule has 0 aliphatic rings. The van der Waals surface area contributed by atoms with Gasteiger partial charge in [0.1, 0.15) is 0 Å². The second-order valence-corrected chi connectivity index (χ2v) is 6.38. The van der Waals surface area contributed by atoms with Crippen LogP contribution in [-0.4, -0.2) is 36.6 Å². The lowest BCUT2D eigenvalue weighted by Gasteiger charge is -2.36. The summed E-state index contributed by atoms with van der Waals surface area (Å²) in [6, 6.07) is 0.0454. The van der Waals surface area contributed by atoms with E-state index in [1.54, 1.807) is 20.4 Å². The van der Waals surface area contributed by atoms with Crippen molar-refractivity contribution in [1.29, 1.82) is 0 Å². The van der Waals surface area contributed by atoms with Crippen LogP contribution in [0.2, 0.25) is 0 Å². The fraction of sp³-hybridized carbons (Fsp3) is 0.812. The van der Waals surface area contributed by atoms with Crippen molar-refractivity contribution in [1.82, 2.24) is 15.1 Å². The van der Waals surface area contributed by atoms with Crippen molar-refractivity contribution < 1.29 is 9.47 Å². The number of nitrogens with zero attached hydrogens (tertiary/aromatic N) is 2. The van der Waals surface area contributed by atoms with E-state index in [2.05, 4.69) is 45.0 Å². The fourth-order valence-corrected chi connectivity index (χ4v) is 2.80. The highest BCUT2D eigenvalue weighted by molar-refractivity contribution is 5.30. The van der Waals surface area contributed by atoms with E-state index >= 15 is 0 Å². The van der Waals surface area contributed by atoms with Crippen LogP contribution in [0.15, 0.2) is 6.20 Å². The van der Waals surface area contributed by atoms with Gasteiger partial charge in [0.15, 0.2) is 5.75 Å². The summed E-state index contributed by atoms with van der Waals surface area (Å²) in [6.07, 6.45) is 2.85. The predicted octanol–water partition coefficient (Wildman–Crippen LogP) is 3.01. The molecule has 1 aromatic rings. The second-order valence-electron chi connectivity index (χ2n) is 6.38. The normalized spacial score (nSPS) is 15.0. The Kier molecular flexibility index (Phi) is 6.68. The van der Waals surface area contributed by atoms with Crippen molar-refractivity contribution in [2.45, 2.75) is 59.7 Å². The van der Waals surface area contributed by atoms with Gasteiger partial charge in [-0.1, -0.05) is 34.6 Å². The molecule has 0 saturated carbocycles. The minimum atomic E-state index is 0.00785. The van der Waals surface area contributed by atoms with Gasteiger partial charge in [-0.2, -0.15) is 5.10 Å². The number of hydrogen-bond acceptors (Lipinski definition) is 4. The molecule has 2 unspecified atom stereocenters. The Morgan fingerprint density at radius 3 is 2.38 bits per heavy atom. The Bertz CT molecular complexity index is 424. The molecule has 21 heavy (non-hydrogen) atoms. The fourth-order valence-electron chi connectivity index (χ4n) is 2.80. The Labute approximate surface area is 129 Å². The molecule has 0 fully saturated rings. The molecule has 0 saturated heterocycles. The van der Waals surface area contributed by atoms with E-state index in [9.17, 15) is 0 Å². The Morgan fingerprint density at radius 1 is 1.29 bits per heavy atom. The van der Waals surface area contributed by atoms with E-state index in [0.717, 1.165) is 31.0 Å². The van der Waals surface area contributed by atoms with Crippen LogP contribution in [0.5, 0.6) is 5.75 Å². The van der Waals surface area contributed by atoms with Crippen LogP contribution in [0.1, 0.15) is 52.8 Å². The Balaban J connectivity index is 3.29. The second kappa shape index (κ2) is 7.80. The molecule has 1 rings (SSSR count). The van der Waals surface area contributed by atoms with Crippen LogP contribution < -0.4 is 10.1 Å². The first-order valence-corrected chi connectivity index (χ1v) is 7.76. The van der Waals surface area contributed by atoms with Crippen molar-refractivity contribution in [3.05, 3.63) is 11.9 Å². The standard InChI is InChI=1S/C16H31N3O2/c1-8-10-19-14(12(20-6)11-18-19)13(17-9-2)15(21-7)16(3,4)5/h11,13,15,17H,8-10H2,1-7H3. The number of aromatic nitrogens is 2. The van der Waals surface area contributed by atoms with Crippen LogP contribution in [0.4, 0.5) is 0 Å². The molecule has 5 heteroatoms. The lowest BCUT2D eigenvalue weighted by Crippen LogP contribution is -2.42. The van der Waals surface area contributed by atoms with E-state index in [0.29, 0.717) is 0 Å². The lowest BCUT2D eigenvalue weighted by atomic mass is 9.83. The number of ether oxygens (including phenoxy) is 2. The van der Waals surface area contributed by atoms with Crippen molar-refractivity contribution in [3.8, 4) is 5.75 Å². The molecular weight excluding hydrogens is 266 g/mol. The van der Waals surface area contributed by atoms with Gasteiger partial charge >= 0.3 is 0 Å². The van der Waals surface area contributed by atoms with Gasteiger partial charge in [0.2, 0.25) is 0 Å². The average Bonchev–Trinajstić information content (AvgIpc) is 2.80. The summed E-state index contributed by atoms with van der Waals surface area (Å²) < 4.78 is 13.4. The Hall–Kier alpha value is -1.07. The highest BCUT2D eigenvalue weighted by atomic mass is 16.5. The summed E-state index contributed by atoms with van der Waals surface area (Å²) in [6.45, 7) is 12.6. The summed E-state index contributed by atoms with van der Waals surface area (Å²) in [5.41, 5.74) is 1.08. The van der Waals surface area contributed by atoms with Crippen LogP contribution in [0.3, 0.4) is 0 Å². The summed E-state index contributed by atoms with van der Waals surface area (Å²) in [4.78, 5) is 0. The molecule has 122 valence electrons. The Morgan fingerprint density at radius 2 is 1.95 bits per heavy atom. The zero-order chi connectivity index (χ0) is 16.0. The lowest BCUT2D eigenvalue weighted by molar-refractivity contribution is -0.0142. The zero-order valence-corrected chi connectivity index (χ0v) is 14.6. The van der Waals surface area contributed by atoms with Gasteiger partial charge < -0.3 is 14.8 Å². The first-order valence-electron chi connectivity index (χ1n) is 7.76. The van der Waals surface area contributed by atoms with E-state index in [1.807, 2.05) is 4.68 Å². The van der Waals surface area contributed by atoms with Gasteiger partial charge in [-0.3, -0.25) is 4.68 Å². The maximum Gasteiger partial charge on any atom is 0.161 e. The molecular formula is C16H31N3O2. The maximum atomic E-state index is 5.83. The van der Waals surface area contributed by atoms with E-state index in [1.165, 1.54) is 0 Å². The molecule has 0 bridgehead atoms. The SMILES string of the molecule is CCCn1ncc(OC)c1C(NCC)C(OC)C(C)(C)C. The van der Waals surface area contributed by atoms with Crippen LogP contribution in [0.25, 0.3) is 0 Å². The van der Waals surface area contributed by atoms with E-state index < -0.39 is 0 Å². The molecule has 0 radical (unpaired) electrons. The summed E-state index contributed by atoms with van der Waals surface area (Å²) >= 11 is 0. The molecule has 2 atom stereocenters. The van der Waals surface area contributed by atoms with Crippen molar-refractivity contribution in [2.75, 3.05) is 20.8 Å². The molecule has 0 aliphatic carbocycles. The topological polar surface area (TPSA) is 48.3 Å².